The van der Waals surface area contributed by atoms with E-state index in [1.807, 2.05) is 48.5 Å². The summed E-state index contributed by atoms with van der Waals surface area (Å²) >= 11 is 0. The molecule has 0 radical (unpaired) electrons. The summed E-state index contributed by atoms with van der Waals surface area (Å²) in [6.45, 7) is 0. The number of fused-ring (bicyclic) bond motifs is 4. The second kappa shape index (κ2) is 7.81. The zero-order valence-electron chi connectivity index (χ0n) is 18.5. The molecule has 0 saturated carbocycles. The number of nitrogens with zero attached hydrogens (tertiary/aromatic N) is 5. The molecule has 164 valence electrons. The first-order valence-electron chi connectivity index (χ1n) is 11.3. The Morgan fingerprint density at radius 1 is 0.600 bits per heavy atom. The van der Waals surface area contributed by atoms with Crippen LogP contribution in [0.2, 0.25) is 0 Å². The van der Waals surface area contributed by atoms with Gasteiger partial charge in [0.05, 0.1) is 11.2 Å². The van der Waals surface area contributed by atoms with Crippen molar-refractivity contribution in [2.45, 2.75) is 0 Å². The Labute approximate surface area is 200 Å². The van der Waals surface area contributed by atoms with Crippen LogP contribution >= 0.6 is 0 Å². The SMILES string of the molecule is c1ccc(-c2nc(-c3ccnc(-c4nc5cccnc5o4)c3)nc3ccc4ccccc4c23)cc1. The van der Waals surface area contributed by atoms with E-state index in [0.29, 0.717) is 28.6 Å². The van der Waals surface area contributed by atoms with Crippen LogP contribution in [0.5, 0.6) is 0 Å². The molecule has 0 aliphatic heterocycles. The zero-order valence-corrected chi connectivity index (χ0v) is 18.5. The van der Waals surface area contributed by atoms with Crippen LogP contribution in [-0.2, 0) is 0 Å². The van der Waals surface area contributed by atoms with Crippen molar-refractivity contribution >= 4 is 32.9 Å². The third-order valence-electron chi connectivity index (χ3n) is 6.04. The van der Waals surface area contributed by atoms with Crippen LogP contribution in [0.1, 0.15) is 0 Å². The molecule has 0 unspecified atom stereocenters. The molecule has 3 aromatic carbocycles. The Balaban J connectivity index is 1.45. The van der Waals surface area contributed by atoms with Gasteiger partial charge < -0.3 is 4.42 Å². The van der Waals surface area contributed by atoms with Gasteiger partial charge >= 0.3 is 0 Å². The zero-order chi connectivity index (χ0) is 23.2. The minimum Gasteiger partial charge on any atom is -0.416 e. The fourth-order valence-corrected chi connectivity index (χ4v) is 4.40. The fraction of sp³-hybridized carbons (Fsp3) is 0. The van der Waals surface area contributed by atoms with Gasteiger partial charge in [0.15, 0.2) is 5.82 Å². The van der Waals surface area contributed by atoms with Crippen molar-refractivity contribution in [2.24, 2.45) is 0 Å². The molecule has 0 fully saturated rings. The number of hydrogen-bond donors (Lipinski definition) is 0. The normalized spacial score (nSPS) is 11.4. The van der Waals surface area contributed by atoms with E-state index in [2.05, 4.69) is 57.4 Å². The predicted molar refractivity (Wildman–Crippen MR) is 137 cm³/mol. The fourth-order valence-electron chi connectivity index (χ4n) is 4.40. The summed E-state index contributed by atoms with van der Waals surface area (Å²) in [5.74, 6) is 1.03. The smallest absolute Gasteiger partial charge is 0.248 e. The van der Waals surface area contributed by atoms with Crippen LogP contribution in [0.15, 0.2) is 108 Å². The summed E-state index contributed by atoms with van der Waals surface area (Å²) in [5, 5.41) is 3.33. The number of rotatable bonds is 3. The van der Waals surface area contributed by atoms with Crippen LogP contribution in [0.25, 0.3) is 67.1 Å². The molecule has 6 nitrogen and oxygen atoms in total. The predicted octanol–water partition coefficient (Wildman–Crippen LogP) is 6.72. The van der Waals surface area contributed by atoms with Gasteiger partial charge in [0.25, 0.3) is 0 Å². The van der Waals surface area contributed by atoms with Crippen molar-refractivity contribution in [3.05, 3.63) is 103 Å². The first-order valence-corrected chi connectivity index (χ1v) is 11.3. The lowest BCUT2D eigenvalue weighted by atomic mass is 10.00. The highest BCUT2D eigenvalue weighted by Gasteiger charge is 2.16. The van der Waals surface area contributed by atoms with Crippen LogP contribution in [0.4, 0.5) is 0 Å². The number of pyridine rings is 2. The molecule has 0 saturated heterocycles. The maximum Gasteiger partial charge on any atom is 0.248 e. The number of oxazole rings is 1. The third-order valence-corrected chi connectivity index (χ3v) is 6.04. The van der Waals surface area contributed by atoms with Crippen LogP contribution in [0, 0.1) is 0 Å². The van der Waals surface area contributed by atoms with Crippen molar-refractivity contribution in [3.63, 3.8) is 0 Å². The molecule has 35 heavy (non-hydrogen) atoms. The van der Waals surface area contributed by atoms with Crippen LogP contribution in [0.3, 0.4) is 0 Å². The Morgan fingerprint density at radius 2 is 1.49 bits per heavy atom. The van der Waals surface area contributed by atoms with E-state index in [0.717, 1.165) is 38.5 Å². The molecule has 7 aromatic rings. The van der Waals surface area contributed by atoms with Gasteiger partial charge in [-0.25, -0.2) is 19.9 Å². The van der Waals surface area contributed by atoms with Gasteiger partial charge in [0.2, 0.25) is 11.6 Å². The lowest BCUT2D eigenvalue weighted by molar-refractivity contribution is 0.605. The summed E-state index contributed by atoms with van der Waals surface area (Å²) in [6, 6.07) is 30.2. The van der Waals surface area contributed by atoms with Gasteiger partial charge in [-0.2, -0.15) is 0 Å². The maximum absolute atomic E-state index is 5.83. The van der Waals surface area contributed by atoms with Gasteiger partial charge in [0.1, 0.15) is 11.2 Å². The van der Waals surface area contributed by atoms with Gasteiger partial charge in [0, 0.05) is 28.9 Å². The van der Waals surface area contributed by atoms with Crippen molar-refractivity contribution in [1.82, 2.24) is 24.9 Å². The second-order valence-corrected chi connectivity index (χ2v) is 8.22. The summed E-state index contributed by atoms with van der Waals surface area (Å²) < 4.78 is 5.83. The Morgan fingerprint density at radius 3 is 2.40 bits per heavy atom. The average Bonchev–Trinajstić information content (AvgIpc) is 3.37. The van der Waals surface area contributed by atoms with Crippen molar-refractivity contribution < 1.29 is 4.42 Å². The second-order valence-electron chi connectivity index (χ2n) is 8.22. The molecule has 0 spiro atoms. The summed E-state index contributed by atoms with van der Waals surface area (Å²) in [5.41, 5.74) is 5.42. The highest BCUT2D eigenvalue weighted by molar-refractivity contribution is 6.12. The summed E-state index contributed by atoms with van der Waals surface area (Å²) in [4.78, 5) is 23.3. The van der Waals surface area contributed by atoms with E-state index in [1.165, 1.54) is 0 Å². The molecule has 6 heteroatoms. The quantitative estimate of drug-likeness (QED) is 0.278. The standard InChI is InChI=1S/C29H17N5O/c1-2-8-19(9-3-1)26-25-21-10-5-4-7-18(21)12-13-22(25)32-27(34-26)20-14-16-30-24(17-20)29-33-23-11-6-15-31-28(23)35-29/h1-17H. The van der Waals surface area contributed by atoms with Crippen molar-refractivity contribution in [2.75, 3.05) is 0 Å². The minimum atomic E-state index is 0.413. The number of aromatic nitrogens is 5. The molecule has 0 amide bonds. The summed E-state index contributed by atoms with van der Waals surface area (Å²) in [6.07, 6.45) is 3.40. The lowest BCUT2D eigenvalue weighted by Gasteiger charge is -2.12. The maximum atomic E-state index is 5.83. The highest BCUT2D eigenvalue weighted by atomic mass is 16.4. The molecule has 0 aliphatic carbocycles. The monoisotopic (exact) mass is 451 g/mol. The molecule has 0 atom stereocenters. The molecule has 7 rings (SSSR count). The van der Waals surface area contributed by atoms with E-state index in [4.69, 9.17) is 14.4 Å². The van der Waals surface area contributed by atoms with Gasteiger partial charge in [-0.05, 0) is 41.1 Å². The van der Waals surface area contributed by atoms with Crippen LogP contribution < -0.4 is 0 Å². The van der Waals surface area contributed by atoms with E-state index in [-0.39, 0.29) is 0 Å². The van der Waals surface area contributed by atoms with Gasteiger partial charge in [-0.3, -0.25) is 4.98 Å². The van der Waals surface area contributed by atoms with Crippen LogP contribution in [-0.4, -0.2) is 24.9 Å². The topological polar surface area (TPSA) is 77.6 Å². The van der Waals surface area contributed by atoms with Crippen molar-refractivity contribution in [1.29, 1.82) is 0 Å². The third kappa shape index (κ3) is 3.31. The molecule has 0 bridgehead atoms. The molecule has 0 N–H and O–H groups in total. The highest BCUT2D eigenvalue weighted by Crippen LogP contribution is 2.34. The summed E-state index contributed by atoms with van der Waals surface area (Å²) in [7, 11) is 0. The molecular formula is C29H17N5O. The molecule has 0 aliphatic rings. The Kier molecular flexibility index (Phi) is 4.35. The van der Waals surface area contributed by atoms with Crippen molar-refractivity contribution in [3.8, 4) is 34.2 Å². The van der Waals surface area contributed by atoms with E-state index >= 15 is 0 Å². The van der Waals surface area contributed by atoms with E-state index < -0.39 is 0 Å². The van der Waals surface area contributed by atoms with E-state index in [9.17, 15) is 0 Å². The molecular weight excluding hydrogens is 434 g/mol. The number of hydrogen-bond acceptors (Lipinski definition) is 6. The van der Waals surface area contributed by atoms with Gasteiger partial charge in [-0.1, -0.05) is 60.7 Å². The first kappa shape index (κ1) is 19.5. The Hall–Kier alpha value is -4.97. The van der Waals surface area contributed by atoms with Gasteiger partial charge in [-0.15, -0.1) is 0 Å². The number of benzene rings is 3. The Bertz CT molecular complexity index is 1830. The first-order chi connectivity index (χ1) is 17.3. The van der Waals surface area contributed by atoms with E-state index in [1.54, 1.807) is 12.4 Å². The molecule has 4 heterocycles. The largest absolute Gasteiger partial charge is 0.416 e. The average molecular weight is 451 g/mol. The minimum absolute atomic E-state index is 0.413. The lowest BCUT2D eigenvalue weighted by Crippen LogP contribution is -1.97. The molecule has 4 aromatic heterocycles.